The van der Waals surface area contributed by atoms with Gasteiger partial charge in [0.2, 0.25) is 5.91 Å². The lowest BCUT2D eigenvalue weighted by Gasteiger charge is -2.35. The van der Waals surface area contributed by atoms with Crippen LogP contribution in [0.2, 0.25) is 0 Å². The summed E-state index contributed by atoms with van der Waals surface area (Å²) in [6.45, 7) is 1.85. The fourth-order valence-corrected chi connectivity index (χ4v) is 5.16. The lowest BCUT2D eigenvalue weighted by molar-refractivity contribution is -0.274. The highest BCUT2D eigenvalue weighted by Gasteiger charge is 2.34. The van der Waals surface area contributed by atoms with Crippen LogP contribution in [0.15, 0.2) is 72.8 Å². The lowest BCUT2D eigenvalue weighted by Crippen LogP contribution is -2.47. The molecule has 3 aromatic rings. The molecule has 2 heterocycles. The molecule has 210 valence electrons. The molecule has 5 rings (SSSR count). The molecule has 0 aliphatic carbocycles. The van der Waals surface area contributed by atoms with E-state index in [1.165, 1.54) is 6.07 Å². The van der Waals surface area contributed by atoms with Gasteiger partial charge in [-0.05, 0) is 54.8 Å². The fourth-order valence-electron chi connectivity index (χ4n) is 5.16. The van der Waals surface area contributed by atoms with Gasteiger partial charge in [0.15, 0.2) is 6.61 Å². The maximum Gasteiger partial charge on any atom is 0.573 e. The highest BCUT2D eigenvalue weighted by molar-refractivity contribution is 6.02. The molecule has 0 bridgehead atoms. The van der Waals surface area contributed by atoms with Crippen molar-refractivity contribution in [3.8, 4) is 22.6 Å². The van der Waals surface area contributed by atoms with Crippen molar-refractivity contribution in [1.29, 1.82) is 0 Å². The Hall–Kier alpha value is -4.05. The van der Waals surface area contributed by atoms with E-state index in [2.05, 4.69) is 9.64 Å². The van der Waals surface area contributed by atoms with Crippen molar-refractivity contribution in [2.24, 2.45) is 0 Å². The van der Waals surface area contributed by atoms with Crippen LogP contribution >= 0.6 is 0 Å². The van der Waals surface area contributed by atoms with Crippen molar-refractivity contribution >= 4 is 17.5 Å². The zero-order chi connectivity index (χ0) is 28.3. The lowest BCUT2D eigenvalue weighted by atomic mass is 9.99. The van der Waals surface area contributed by atoms with Crippen molar-refractivity contribution in [2.45, 2.75) is 25.2 Å². The number of likely N-dealkylation sites (N-methyl/N-ethyl adjacent to an activating group) is 1. The number of anilines is 1. The van der Waals surface area contributed by atoms with E-state index in [0.717, 1.165) is 59.7 Å². The minimum absolute atomic E-state index is 0.0584. The maximum atomic E-state index is 13.6. The molecule has 7 nitrogen and oxygen atoms in total. The van der Waals surface area contributed by atoms with Gasteiger partial charge in [-0.1, -0.05) is 54.6 Å². The third kappa shape index (κ3) is 6.39. The van der Waals surface area contributed by atoms with Crippen LogP contribution in [0.4, 0.5) is 18.9 Å². The van der Waals surface area contributed by atoms with E-state index < -0.39 is 18.0 Å². The number of nitrogens with zero attached hydrogens (tertiary/aromatic N) is 3. The summed E-state index contributed by atoms with van der Waals surface area (Å²) >= 11 is 0. The van der Waals surface area contributed by atoms with Gasteiger partial charge in [-0.15, -0.1) is 13.2 Å². The molecule has 2 aliphatic rings. The van der Waals surface area contributed by atoms with Crippen molar-refractivity contribution < 1.29 is 32.2 Å². The molecule has 0 N–H and O–H groups in total. The molecule has 1 saturated heterocycles. The smallest absolute Gasteiger partial charge is 0.482 e. The van der Waals surface area contributed by atoms with E-state index in [4.69, 9.17) is 4.74 Å². The van der Waals surface area contributed by atoms with Gasteiger partial charge in [0.05, 0.1) is 11.7 Å². The van der Waals surface area contributed by atoms with E-state index in [1.54, 1.807) is 11.9 Å². The number of amides is 2. The van der Waals surface area contributed by atoms with Gasteiger partial charge < -0.3 is 19.3 Å². The van der Waals surface area contributed by atoms with E-state index >= 15 is 0 Å². The van der Waals surface area contributed by atoms with Crippen LogP contribution in [0, 0.1) is 0 Å². The first kappa shape index (κ1) is 27.5. The standard InChI is InChI=1S/C30H30F3N3O4/c1-34(28(37)19-36-25-17-24(40-30(31,32)33)13-14-27(25)39-20-29(36)38)26(18-35-15-5-6-16-35)23-11-9-22(10-12-23)21-7-3-2-4-8-21/h2-4,7-14,17,26H,5-6,15-16,18-20H2,1H3. The number of hydrogen-bond donors (Lipinski definition) is 0. The first-order chi connectivity index (χ1) is 19.2. The third-order valence-corrected chi connectivity index (χ3v) is 7.29. The Morgan fingerprint density at radius 3 is 2.35 bits per heavy atom. The van der Waals surface area contributed by atoms with Crippen molar-refractivity contribution in [1.82, 2.24) is 9.80 Å². The van der Waals surface area contributed by atoms with Gasteiger partial charge in [-0.25, -0.2) is 0 Å². The molecule has 0 spiro atoms. The van der Waals surface area contributed by atoms with E-state index in [0.29, 0.717) is 6.54 Å². The molecule has 0 aromatic heterocycles. The minimum atomic E-state index is -4.90. The summed E-state index contributed by atoms with van der Waals surface area (Å²) in [5.74, 6) is -1.17. The van der Waals surface area contributed by atoms with Crippen molar-refractivity contribution in [2.75, 3.05) is 44.7 Å². The zero-order valence-corrected chi connectivity index (χ0v) is 22.1. The maximum absolute atomic E-state index is 13.6. The fraction of sp³-hybridized carbons (Fsp3) is 0.333. The number of ether oxygens (including phenoxy) is 2. The largest absolute Gasteiger partial charge is 0.573 e. The number of carbonyl (C=O) groups excluding carboxylic acids is 2. The summed E-state index contributed by atoms with van der Waals surface area (Å²) in [4.78, 5) is 31.5. The van der Waals surface area contributed by atoms with E-state index in [1.807, 2.05) is 54.6 Å². The number of halogens is 3. The molecule has 2 aliphatic heterocycles. The van der Waals surface area contributed by atoms with Gasteiger partial charge in [-0.2, -0.15) is 0 Å². The molecule has 1 atom stereocenters. The zero-order valence-electron chi connectivity index (χ0n) is 22.1. The molecule has 0 radical (unpaired) electrons. The monoisotopic (exact) mass is 553 g/mol. The summed E-state index contributed by atoms with van der Waals surface area (Å²) in [6.07, 6.45) is -2.70. The predicted octanol–water partition coefficient (Wildman–Crippen LogP) is 5.27. The minimum Gasteiger partial charge on any atom is -0.482 e. The molecule has 40 heavy (non-hydrogen) atoms. The second kappa shape index (κ2) is 11.6. The number of carbonyl (C=O) groups is 2. The number of fused-ring (bicyclic) bond motifs is 1. The van der Waals surface area contributed by atoms with Gasteiger partial charge in [0.1, 0.15) is 18.0 Å². The topological polar surface area (TPSA) is 62.3 Å². The molecule has 3 aromatic carbocycles. The van der Waals surface area contributed by atoms with Crippen LogP contribution in [0.1, 0.15) is 24.4 Å². The van der Waals surface area contributed by atoms with Crippen LogP contribution < -0.4 is 14.4 Å². The van der Waals surface area contributed by atoms with Gasteiger partial charge >= 0.3 is 6.36 Å². The Balaban J connectivity index is 1.38. The number of rotatable bonds is 8. The molecular weight excluding hydrogens is 523 g/mol. The Labute approximate surface area is 230 Å². The predicted molar refractivity (Wildman–Crippen MR) is 144 cm³/mol. The Morgan fingerprint density at radius 2 is 1.68 bits per heavy atom. The Bertz CT molecular complexity index is 1340. The summed E-state index contributed by atoms with van der Waals surface area (Å²) in [7, 11) is 1.70. The third-order valence-electron chi connectivity index (χ3n) is 7.29. The first-order valence-corrected chi connectivity index (χ1v) is 13.1. The van der Waals surface area contributed by atoms with Crippen LogP contribution in [-0.2, 0) is 9.59 Å². The van der Waals surface area contributed by atoms with E-state index in [-0.39, 0.29) is 36.5 Å². The molecule has 10 heteroatoms. The quantitative estimate of drug-likeness (QED) is 0.380. The average Bonchev–Trinajstić information content (AvgIpc) is 3.46. The Morgan fingerprint density at radius 1 is 1.00 bits per heavy atom. The van der Waals surface area contributed by atoms with Crippen molar-refractivity contribution in [3.63, 3.8) is 0 Å². The van der Waals surface area contributed by atoms with Crippen LogP contribution in [0.25, 0.3) is 11.1 Å². The summed E-state index contributed by atoms with van der Waals surface area (Å²) in [5, 5.41) is 0. The van der Waals surface area contributed by atoms with E-state index in [9.17, 15) is 22.8 Å². The molecule has 1 fully saturated rings. The number of benzene rings is 3. The van der Waals surface area contributed by atoms with Crippen molar-refractivity contribution in [3.05, 3.63) is 78.4 Å². The van der Waals surface area contributed by atoms with Gasteiger partial charge in [0.25, 0.3) is 5.91 Å². The number of alkyl halides is 3. The molecule has 1 unspecified atom stereocenters. The Kier molecular flexibility index (Phi) is 7.97. The number of hydrogen-bond acceptors (Lipinski definition) is 5. The SMILES string of the molecule is CN(C(=O)CN1C(=O)COc2ccc(OC(F)(F)F)cc21)C(CN1CCCC1)c1ccc(-c2ccccc2)cc1. The number of likely N-dealkylation sites (tertiary alicyclic amines) is 1. The van der Waals surface area contributed by atoms with Crippen LogP contribution in [0.3, 0.4) is 0 Å². The summed E-state index contributed by atoms with van der Waals surface area (Å²) in [5.41, 5.74) is 3.17. The average molecular weight is 554 g/mol. The van der Waals surface area contributed by atoms with Gasteiger partial charge in [0, 0.05) is 19.7 Å². The summed E-state index contributed by atoms with van der Waals surface area (Å²) < 4.78 is 47.8. The highest BCUT2D eigenvalue weighted by atomic mass is 19.4. The van der Waals surface area contributed by atoms with Crippen LogP contribution in [0.5, 0.6) is 11.5 Å². The molecule has 0 saturated carbocycles. The molecule has 2 amide bonds. The second-order valence-corrected chi connectivity index (χ2v) is 9.96. The normalized spacial score (nSPS) is 16.3. The van der Waals surface area contributed by atoms with Gasteiger partial charge in [-0.3, -0.25) is 14.5 Å². The molecular formula is C30H30F3N3O4. The second-order valence-electron chi connectivity index (χ2n) is 9.96. The summed E-state index contributed by atoms with van der Waals surface area (Å²) in [6, 6.07) is 21.3. The first-order valence-electron chi connectivity index (χ1n) is 13.1. The highest BCUT2D eigenvalue weighted by Crippen LogP contribution is 2.37. The van der Waals surface area contributed by atoms with Crippen LogP contribution in [-0.4, -0.2) is 67.8 Å².